The highest BCUT2D eigenvalue weighted by atomic mass is 35.5. The molecule has 6 heteroatoms. The van der Waals surface area contributed by atoms with Crippen LogP contribution in [0.1, 0.15) is 58.6 Å². The standard InChI is InChI=1S/C22H26ClN3O2/c23-16-7-5-14(6-8-16)11-15-12-19(25-20-13-24-10-9-17(15)20)22(28)26-18-3-1-2-4-21(18)27/h5-8,12,18,21,24,27H,1-4,9-11,13H2,(H,26,28)/t18-,21-/m0/s1. The van der Waals surface area contributed by atoms with Crippen molar-refractivity contribution in [3.63, 3.8) is 0 Å². The van der Waals surface area contributed by atoms with E-state index in [2.05, 4.69) is 15.6 Å². The van der Waals surface area contributed by atoms with Gasteiger partial charge >= 0.3 is 0 Å². The summed E-state index contributed by atoms with van der Waals surface area (Å²) in [5.74, 6) is -0.198. The molecule has 0 unspecified atom stereocenters. The second-order valence-corrected chi connectivity index (χ2v) is 8.19. The smallest absolute Gasteiger partial charge is 0.270 e. The molecule has 2 aromatic rings. The van der Waals surface area contributed by atoms with Crippen LogP contribution in [0.2, 0.25) is 5.02 Å². The molecule has 1 saturated carbocycles. The van der Waals surface area contributed by atoms with Crippen LogP contribution in [-0.2, 0) is 19.4 Å². The molecule has 1 fully saturated rings. The Balaban J connectivity index is 1.60. The van der Waals surface area contributed by atoms with Crippen LogP contribution >= 0.6 is 11.6 Å². The molecule has 1 aromatic carbocycles. The lowest BCUT2D eigenvalue weighted by atomic mass is 9.92. The number of carbonyl (C=O) groups is 1. The molecular weight excluding hydrogens is 374 g/mol. The van der Waals surface area contributed by atoms with Gasteiger partial charge < -0.3 is 15.7 Å². The summed E-state index contributed by atoms with van der Waals surface area (Å²) < 4.78 is 0. The predicted molar refractivity (Wildman–Crippen MR) is 110 cm³/mol. The Morgan fingerprint density at radius 1 is 1.25 bits per heavy atom. The number of benzene rings is 1. The Morgan fingerprint density at radius 2 is 2.04 bits per heavy atom. The molecule has 0 radical (unpaired) electrons. The van der Waals surface area contributed by atoms with Crippen molar-refractivity contribution in [2.45, 2.75) is 57.2 Å². The molecule has 28 heavy (non-hydrogen) atoms. The van der Waals surface area contributed by atoms with Crippen LogP contribution in [0.25, 0.3) is 0 Å². The van der Waals surface area contributed by atoms with Crippen molar-refractivity contribution in [2.24, 2.45) is 0 Å². The summed E-state index contributed by atoms with van der Waals surface area (Å²) in [5, 5.41) is 17.2. The molecule has 2 heterocycles. The SMILES string of the molecule is O=C(N[C@H]1CCCC[C@@H]1O)c1cc(Cc2ccc(Cl)cc2)c2c(n1)CNCC2. The fraction of sp³-hybridized carbons (Fsp3) is 0.455. The average Bonchev–Trinajstić information content (AvgIpc) is 2.71. The maximum atomic E-state index is 12.9. The number of pyridine rings is 1. The number of aromatic nitrogens is 1. The van der Waals surface area contributed by atoms with Crippen molar-refractivity contribution in [2.75, 3.05) is 6.54 Å². The minimum Gasteiger partial charge on any atom is -0.391 e. The molecular formula is C22H26ClN3O2. The first-order valence-corrected chi connectivity index (χ1v) is 10.4. The average molecular weight is 400 g/mol. The Labute approximate surface area is 170 Å². The second-order valence-electron chi connectivity index (χ2n) is 7.75. The van der Waals surface area contributed by atoms with Gasteiger partial charge in [-0.05, 0) is 67.1 Å². The van der Waals surface area contributed by atoms with E-state index in [9.17, 15) is 9.90 Å². The Kier molecular flexibility index (Phi) is 5.95. The first-order chi connectivity index (χ1) is 13.6. The van der Waals surface area contributed by atoms with Crippen molar-refractivity contribution in [3.8, 4) is 0 Å². The van der Waals surface area contributed by atoms with Gasteiger partial charge in [0.25, 0.3) is 5.91 Å². The van der Waals surface area contributed by atoms with Crippen molar-refractivity contribution < 1.29 is 9.90 Å². The normalized spacial score (nSPS) is 21.8. The van der Waals surface area contributed by atoms with Crippen LogP contribution in [0, 0.1) is 0 Å². The van der Waals surface area contributed by atoms with E-state index in [-0.39, 0.29) is 11.9 Å². The van der Waals surface area contributed by atoms with Gasteiger partial charge in [-0.3, -0.25) is 4.79 Å². The van der Waals surface area contributed by atoms with Gasteiger partial charge in [-0.15, -0.1) is 0 Å². The highest BCUT2D eigenvalue weighted by Crippen LogP contribution is 2.23. The summed E-state index contributed by atoms with van der Waals surface area (Å²) in [7, 11) is 0. The minimum absolute atomic E-state index is 0.183. The van der Waals surface area contributed by atoms with Crippen LogP contribution in [0.4, 0.5) is 0 Å². The molecule has 148 valence electrons. The fourth-order valence-electron chi connectivity index (χ4n) is 4.17. The lowest BCUT2D eigenvalue weighted by Crippen LogP contribution is -2.45. The van der Waals surface area contributed by atoms with Gasteiger partial charge in [0.1, 0.15) is 5.69 Å². The number of hydrogen-bond donors (Lipinski definition) is 3. The van der Waals surface area contributed by atoms with Crippen molar-refractivity contribution >= 4 is 17.5 Å². The minimum atomic E-state index is -0.467. The largest absolute Gasteiger partial charge is 0.391 e. The molecule has 0 bridgehead atoms. The first kappa shape index (κ1) is 19.4. The Morgan fingerprint density at radius 3 is 2.82 bits per heavy atom. The molecule has 2 atom stereocenters. The number of nitrogens with one attached hydrogen (secondary N) is 2. The molecule has 1 aliphatic carbocycles. The summed E-state index contributed by atoms with van der Waals surface area (Å²) >= 11 is 6.01. The molecule has 1 aromatic heterocycles. The number of aliphatic hydroxyl groups is 1. The summed E-state index contributed by atoms with van der Waals surface area (Å²) in [6.45, 7) is 1.60. The zero-order valence-electron chi connectivity index (χ0n) is 15.9. The predicted octanol–water partition coefficient (Wildman–Crippen LogP) is 3.00. The number of carbonyl (C=O) groups excluding carboxylic acids is 1. The van der Waals surface area contributed by atoms with Crippen LogP contribution in [0.3, 0.4) is 0 Å². The van der Waals surface area contributed by atoms with Gasteiger partial charge in [0.05, 0.1) is 17.8 Å². The fourth-order valence-corrected chi connectivity index (χ4v) is 4.30. The van der Waals surface area contributed by atoms with Gasteiger partial charge in [0.2, 0.25) is 0 Å². The zero-order valence-corrected chi connectivity index (χ0v) is 16.6. The maximum Gasteiger partial charge on any atom is 0.270 e. The van der Waals surface area contributed by atoms with Gasteiger partial charge in [-0.25, -0.2) is 4.98 Å². The van der Waals surface area contributed by atoms with Crippen molar-refractivity contribution in [1.29, 1.82) is 0 Å². The van der Waals surface area contributed by atoms with E-state index in [1.807, 2.05) is 30.3 Å². The van der Waals surface area contributed by atoms with E-state index in [1.165, 1.54) is 5.56 Å². The lowest BCUT2D eigenvalue weighted by Gasteiger charge is -2.28. The summed E-state index contributed by atoms with van der Waals surface area (Å²) in [6.07, 6.45) is 4.80. The van der Waals surface area contributed by atoms with Gasteiger partial charge in [0.15, 0.2) is 0 Å². The monoisotopic (exact) mass is 399 g/mol. The molecule has 1 aliphatic heterocycles. The van der Waals surface area contributed by atoms with Crippen LogP contribution < -0.4 is 10.6 Å². The zero-order chi connectivity index (χ0) is 19.5. The third kappa shape index (κ3) is 4.37. The second kappa shape index (κ2) is 8.60. The topological polar surface area (TPSA) is 74.2 Å². The van der Waals surface area contributed by atoms with Crippen LogP contribution in [-0.4, -0.2) is 34.7 Å². The molecule has 0 saturated heterocycles. The van der Waals surface area contributed by atoms with Crippen LogP contribution in [0.5, 0.6) is 0 Å². The third-order valence-electron chi connectivity index (χ3n) is 5.73. The molecule has 0 spiro atoms. The number of rotatable bonds is 4. The Hall–Kier alpha value is -1.95. The van der Waals surface area contributed by atoms with E-state index in [4.69, 9.17) is 11.6 Å². The van der Waals surface area contributed by atoms with E-state index < -0.39 is 6.10 Å². The Bertz CT molecular complexity index is 854. The summed E-state index contributed by atoms with van der Waals surface area (Å²) in [6, 6.07) is 9.57. The number of hydrogen-bond acceptors (Lipinski definition) is 4. The third-order valence-corrected chi connectivity index (χ3v) is 5.98. The van der Waals surface area contributed by atoms with Gasteiger partial charge in [0, 0.05) is 11.6 Å². The van der Waals surface area contributed by atoms with E-state index in [0.29, 0.717) is 12.2 Å². The highest BCUT2D eigenvalue weighted by molar-refractivity contribution is 6.30. The summed E-state index contributed by atoms with van der Waals surface area (Å²) in [4.78, 5) is 17.5. The van der Waals surface area contributed by atoms with Gasteiger partial charge in [-0.1, -0.05) is 36.6 Å². The van der Waals surface area contributed by atoms with Crippen molar-refractivity contribution in [3.05, 3.63) is 63.4 Å². The van der Waals surface area contributed by atoms with Crippen molar-refractivity contribution in [1.82, 2.24) is 15.6 Å². The van der Waals surface area contributed by atoms with Crippen LogP contribution in [0.15, 0.2) is 30.3 Å². The van der Waals surface area contributed by atoms with E-state index in [0.717, 1.165) is 66.9 Å². The molecule has 4 rings (SSSR count). The maximum absolute atomic E-state index is 12.9. The number of aliphatic hydroxyl groups excluding tert-OH is 1. The lowest BCUT2D eigenvalue weighted by molar-refractivity contribution is 0.0713. The van der Waals surface area contributed by atoms with Gasteiger partial charge in [-0.2, -0.15) is 0 Å². The number of fused-ring (bicyclic) bond motifs is 1. The number of halogens is 1. The number of nitrogens with zero attached hydrogens (tertiary/aromatic N) is 1. The molecule has 5 nitrogen and oxygen atoms in total. The van der Waals surface area contributed by atoms with E-state index >= 15 is 0 Å². The molecule has 2 aliphatic rings. The highest BCUT2D eigenvalue weighted by Gasteiger charge is 2.26. The molecule has 1 amide bonds. The van der Waals surface area contributed by atoms with E-state index in [1.54, 1.807) is 0 Å². The molecule has 3 N–H and O–H groups in total. The first-order valence-electron chi connectivity index (χ1n) is 10.1. The quantitative estimate of drug-likeness (QED) is 0.738. The summed E-state index contributed by atoms with van der Waals surface area (Å²) in [5.41, 5.74) is 4.92. The number of amides is 1.